The first-order chi connectivity index (χ1) is 13.5. The first-order valence-corrected chi connectivity index (χ1v) is 9.29. The molecule has 5 nitrogen and oxygen atoms in total. The van der Waals surface area contributed by atoms with Gasteiger partial charge < -0.3 is 14.7 Å². The summed E-state index contributed by atoms with van der Waals surface area (Å²) in [5.41, 5.74) is 2.03. The van der Waals surface area contributed by atoms with Crippen LogP contribution in [0.1, 0.15) is 19.8 Å². The molecular formula is C20H24F3N3O2. The molecule has 3 atom stereocenters. The molecule has 0 fully saturated rings. The number of hydrogen-bond acceptors (Lipinski definition) is 5. The number of aliphatic hydroxyl groups is 1. The van der Waals surface area contributed by atoms with E-state index >= 15 is 0 Å². The number of amidine groups is 1. The summed E-state index contributed by atoms with van der Waals surface area (Å²) in [6.45, 7) is 2.54. The summed E-state index contributed by atoms with van der Waals surface area (Å²) < 4.78 is 46.7. The zero-order valence-corrected chi connectivity index (χ0v) is 15.7. The third-order valence-corrected chi connectivity index (χ3v) is 4.68. The van der Waals surface area contributed by atoms with E-state index in [1.54, 1.807) is 0 Å². The van der Waals surface area contributed by atoms with Gasteiger partial charge in [0.15, 0.2) is 18.5 Å². The zero-order valence-electron chi connectivity index (χ0n) is 15.7. The van der Waals surface area contributed by atoms with Gasteiger partial charge in [0.2, 0.25) is 0 Å². The van der Waals surface area contributed by atoms with E-state index in [4.69, 9.17) is 9.84 Å². The Hall–Kier alpha value is -2.35. The predicted molar refractivity (Wildman–Crippen MR) is 102 cm³/mol. The summed E-state index contributed by atoms with van der Waals surface area (Å²) in [5.74, 6) is 0.831. The fraction of sp³-hybridized carbons (Fsp3) is 0.500. The summed E-state index contributed by atoms with van der Waals surface area (Å²) in [6.07, 6.45) is 3.43. The van der Waals surface area contributed by atoms with Crippen LogP contribution in [-0.4, -0.2) is 66.4 Å². The number of nitrogens with zero attached hydrogens (tertiary/aromatic N) is 3. The van der Waals surface area contributed by atoms with Crippen molar-refractivity contribution in [3.8, 4) is 0 Å². The van der Waals surface area contributed by atoms with Crippen molar-refractivity contribution in [1.29, 1.82) is 0 Å². The molecule has 0 aromatic heterocycles. The number of rotatable bonds is 6. The molecule has 0 saturated heterocycles. The van der Waals surface area contributed by atoms with Crippen LogP contribution in [0.3, 0.4) is 0 Å². The molecule has 28 heavy (non-hydrogen) atoms. The van der Waals surface area contributed by atoms with Gasteiger partial charge in [-0.15, -0.1) is 0 Å². The van der Waals surface area contributed by atoms with Crippen molar-refractivity contribution in [2.75, 3.05) is 26.3 Å². The lowest BCUT2D eigenvalue weighted by Crippen LogP contribution is -2.38. The van der Waals surface area contributed by atoms with Crippen LogP contribution < -0.4 is 0 Å². The second kappa shape index (κ2) is 9.23. The number of alkyl halides is 3. The molecule has 0 aromatic rings. The minimum Gasteiger partial charge on any atom is -0.486 e. The summed E-state index contributed by atoms with van der Waals surface area (Å²) >= 11 is 0. The van der Waals surface area contributed by atoms with Crippen molar-refractivity contribution >= 4 is 11.5 Å². The van der Waals surface area contributed by atoms with Crippen LogP contribution in [0, 0.1) is 0 Å². The van der Waals surface area contributed by atoms with Crippen molar-refractivity contribution in [1.82, 2.24) is 4.90 Å². The van der Waals surface area contributed by atoms with Gasteiger partial charge in [-0.1, -0.05) is 0 Å². The van der Waals surface area contributed by atoms with E-state index in [0.29, 0.717) is 30.9 Å². The smallest absolute Gasteiger partial charge is 0.158 e. The van der Waals surface area contributed by atoms with Gasteiger partial charge in [0.1, 0.15) is 18.2 Å². The fourth-order valence-corrected chi connectivity index (χ4v) is 3.20. The van der Waals surface area contributed by atoms with Crippen LogP contribution in [-0.2, 0) is 4.74 Å². The van der Waals surface area contributed by atoms with Gasteiger partial charge in [0.25, 0.3) is 0 Å². The normalized spacial score (nSPS) is 29.2. The van der Waals surface area contributed by atoms with Gasteiger partial charge in [-0.2, -0.15) is 0 Å². The Kier molecular flexibility index (Phi) is 6.72. The van der Waals surface area contributed by atoms with Crippen LogP contribution >= 0.6 is 0 Å². The Bertz CT molecular complexity index is 771. The quantitative estimate of drug-likeness (QED) is 0.752. The number of hydrogen-bond donors (Lipinski definition) is 1. The summed E-state index contributed by atoms with van der Waals surface area (Å²) in [6, 6.07) is 0. The van der Waals surface area contributed by atoms with Crippen LogP contribution in [0.25, 0.3) is 0 Å². The van der Waals surface area contributed by atoms with E-state index in [-0.39, 0.29) is 25.5 Å². The van der Waals surface area contributed by atoms with E-state index in [1.807, 2.05) is 17.9 Å². The van der Waals surface area contributed by atoms with E-state index in [0.717, 1.165) is 23.5 Å². The molecule has 1 aliphatic heterocycles. The molecule has 152 valence electrons. The van der Waals surface area contributed by atoms with Gasteiger partial charge in [-0.3, -0.25) is 4.99 Å². The molecule has 0 spiro atoms. The van der Waals surface area contributed by atoms with Crippen LogP contribution in [0.5, 0.6) is 0 Å². The largest absolute Gasteiger partial charge is 0.486 e. The van der Waals surface area contributed by atoms with E-state index in [1.165, 1.54) is 12.2 Å². The Morgan fingerprint density at radius 1 is 1.25 bits per heavy atom. The SMILES string of the molecule is CC1=CCN(C2=CC(F)C(=NCCO)CC2)C(COC2=CC(F)C(F)C=C2)=N1. The highest BCUT2D eigenvalue weighted by Crippen LogP contribution is 2.25. The molecule has 3 unspecified atom stereocenters. The highest BCUT2D eigenvalue weighted by Gasteiger charge is 2.27. The Balaban J connectivity index is 1.70. The van der Waals surface area contributed by atoms with Crippen molar-refractivity contribution in [3.05, 3.63) is 47.5 Å². The molecule has 3 aliphatic rings. The maximum atomic E-state index is 14.4. The van der Waals surface area contributed by atoms with Crippen molar-refractivity contribution in [2.45, 2.75) is 38.3 Å². The monoisotopic (exact) mass is 395 g/mol. The lowest BCUT2D eigenvalue weighted by molar-refractivity contribution is 0.215. The van der Waals surface area contributed by atoms with E-state index < -0.39 is 18.5 Å². The molecule has 3 rings (SSSR count). The molecule has 1 N–H and O–H groups in total. The highest BCUT2D eigenvalue weighted by atomic mass is 19.2. The number of aliphatic hydroxyl groups excluding tert-OH is 1. The van der Waals surface area contributed by atoms with Gasteiger partial charge in [0, 0.05) is 17.9 Å². The number of halogens is 3. The number of ether oxygens (including phenoxy) is 1. The van der Waals surface area contributed by atoms with Crippen LogP contribution in [0.2, 0.25) is 0 Å². The maximum Gasteiger partial charge on any atom is 0.158 e. The second-order valence-electron chi connectivity index (χ2n) is 6.75. The van der Waals surface area contributed by atoms with Gasteiger partial charge in [-0.05, 0) is 50.1 Å². The Labute approximate surface area is 162 Å². The minimum absolute atomic E-state index is 0.0603. The molecule has 0 bridgehead atoms. The Morgan fingerprint density at radius 3 is 2.79 bits per heavy atom. The highest BCUT2D eigenvalue weighted by molar-refractivity contribution is 5.93. The summed E-state index contributed by atoms with van der Waals surface area (Å²) in [4.78, 5) is 10.4. The third kappa shape index (κ3) is 4.92. The maximum absolute atomic E-state index is 14.4. The van der Waals surface area contributed by atoms with Crippen molar-refractivity contribution in [3.63, 3.8) is 0 Å². The lowest BCUT2D eigenvalue weighted by atomic mass is 9.99. The summed E-state index contributed by atoms with van der Waals surface area (Å²) in [5, 5.41) is 8.85. The van der Waals surface area contributed by atoms with Crippen LogP contribution in [0.15, 0.2) is 57.5 Å². The number of allylic oxidation sites excluding steroid dienone is 6. The van der Waals surface area contributed by atoms with Crippen molar-refractivity contribution in [2.24, 2.45) is 9.98 Å². The molecule has 0 radical (unpaired) electrons. The predicted octanol–water partition coefficient (Wildman–Crippen LogP) is 3.20. The van der Waals surface area contributed by atoms with Gasteiger partial charge >= 0.3 is 0 Å². The van der Waals surface area contributed by atoms with Gasteiger partial charge in [-0.25, -0.2) is 18.2 Å². The van der Waals surface area contributed by atoms with Crippen LogP contribution in [0.4, 0.5) is 13.2 Å². The molecule has 1 heterocycles. The minimum atomic E-state index is -1.73. The second-order valence-corrected chi connectivity index (χ2v) is 6.75. The topological polar surface area (TPSA) is 57.4 Å². The van der Waals surface area contributed by atoms with Crippen molar-refractivity contribution < 1.29 is 23.0 Å². The lowest BCUT2D eigenvalue weighted by Gasteiger charge is -2.33. The average molecular weight is 395 g/mol. The molecule has 8 heteroatoms. The molecule has 0 aromatic carbocycles. The first kappa shape index (κ1) is 20.4. The van der Waals surface area contributed by atoms with Gasteiger partial charge in [0.05, 0.1) is 18.9 Å². The standard InChI is InChI=1S/C20H24F3N3O2/c1-13-6-8-26(14-2-5-19(18(23)10-14)24-7-9-27)20(25-13)12-28-15-3-4-16(21)17(22)11-15/h3-4,6,10-11,16-18,27H,2,5,7-9,12H2,1H3. The zero-order chi connectivity index (χ0) is 20.1. The third-order valence-electron chi connectivity index (χ3n) is 4.68. The fourth-order valence-electron chi connectivity index (χ4n) is 3.20. The molecular weight excluding hydrogens is 371 g/mol. The molecule has 0 amide bonds. The average Bonchev–Trinajstić information content (AvgIpc) is 2.68. The summed E-state index contributed by atoms with van der Waals surface area (Å²) in [7, 11) is 0. The molecule has 0 saturated carbocycles. The van der Waals surface area contributed by atoms with E-state index in [9.17, 15) is 13.2 Å². The number of aliphatic imine (C=N–C) groups is 2. The Morgan fingerprint density at radius 2 is 2.07 bits per heavy atom. The first-order valence-electron chi connectivity index (χ1n) is 9.29. The molecule has 2 aliphatic carbocycles. The van der Waals surface area contributed by atoms with E-state index in [2.05, 4.69) is 9.98 Å².